The second-order valence-corrected chi connectivity index (χ2v) is 6.57. The second-order valence-electron chi connectivity index (χ2n) is 6.57. The SMILES string of the molecule is Cc1nc(C2(NC(=O)Cc3ccc(-n4cnnn4)cc3)CCCC2)no1. The maximum atomic E-state index is 12.6. The lowest BCUT2D eigenvalue weighted by Crippen LogP contribution is -2.45. The van der Waals surface area contributed by atoms with Crippen LogP contribution < -0.4 is 5.32 Å². The van der Waals surface area contributed by atoms with Crippen LogP contribution in [0.3, 0.4) is 0 Å². The summed E-state index contributed by atoms with van der Waals surface area (Å²) in [4.78, 5) is 17.0. The Bertz CT molecular complexity index is 880. The molecule has 9 nitrogen and oxygen atoms in total. The molecule has 1 aliphatic rings. The third-order valence-electron chi connectivity index (χ3n) is 4.71. The van der Waals surface area contributed by atoms with Crippen LogP contribution in [0.4, 0.5) is 0 Å². The Kier molecular flexibility index (Phi) is 4.19. The van der Waals surface area contributed by atoms with Crippen molar-refractivity contribution in [1.29, 1.82) is 0 Å². The van der Waals surface area contributed by atoms with Crippen molar-refractivity contribution in [3.05, 3.63) is 47.9 Å². The van der Waals surface area contributed by atoms with Gasteiger partial charge in [-0.1, -0.05) is 30.1 Å². The molecule has 1 aromatic carbocycles. The molecule has 134 valence electrons. The number of nitrogens with one attached hydrogen (secondary N) is 1. The summed E-state index contributed by atoms with van der Waals surface area (Å²) in [5.74, 6) is 1.04. The molecule has 1 amide bonds. The Morgan fingerprint density at radius 1 is 1.27 bits per heavy atom. The maximum Gasteiger partial charge on any atom is 0.225 e. The van der Waals surface area contributed by atoms with Gasteiger partial charge in [0.15, 0.2) is 5.82 Å². The third kappa shape index (κ3) is 3.19. The minimum absolute atomic E-state index is 0.0514. The number of carbonyl (C=O) groups excluding carboxylic acids is 1. The number of hydrogen-bond donors (Lipinski definition) is 1. The Morgan fingerprint density at radius 2 is 2.04 bits per heavy atom. The predicted octanol–water partition coefficient (Wildman–Crippen LogP) is 1.48. The predicted molar refractivity (Wildman–Crippen MR) is 90.2 cm³/mol. The average Bonchev–Trinajstić information content (AvgIpc) is 3.37. The minimum atomic E-state index is -0.513. The van der Waals surface area contributed by atoms with Crippen LogP contribution in [-0.2, 0) is 16.8 Å². The quantitative estimate of drug-likeness (QED) is 0.739. The summed E-state index contributed by atoms with van der Waals surface area (Å²) < 4.78 is 6.68. The highest BCUT2D eigenvalue weighted by Crippen LogP contribution is 2.37. The third-order valence-corrected chi connectivity index (χ3v) is 4.71. The van der Waals surface area contributed by atoms with E-state index in [0.717, 1.165) is 36.9 Å². The zero-order chi connectivity index (χ0) is 18.0. The van der Waals surface area contributed by atoms with Gasteiger partial charge in [-0.25, -0.2) is 4.68 Å². The van der Waals surface area contributed by atoms with Crippen molar-refractivity contribution in [2.45, 2.75) is 44.6 Å². The van der Waals surface area contributed by atoms with E-state index in [2.05, 4.69) is 31.0 Å². The smallest absolute Gasteiger partial charge is 0.225 e. The number of aromatic nitrogens is 6. The molecule has 2 aromatic heterocycles. The maximum absolute atomic E-state index is 12.6. The van der Waals surface area contributed by atoms with Crippen molar-refractivity contribution >= 4 is 5.91 Å². The highest BCUT2D eigenvalue weighted by atomic mass is 16.5. The molecule has 1 fully saturated rings. The zero-order valence-electron chi connectivity index (χ0n) is 14.4. The van der Waals surface area contributed by atoms with Gasteiger partial charge in [-0.2, -0.15) is 4.98 Å². The van der Waals surface area contributed by atoms with Crippen molar-refractivity contribution in [2.75, 3.05) is 0 Å². The van der Waals surface area contributed by atoms with Gasteiger partial charge in [0.1, 0.15) is 11.9 Å². The van der Waals surface area contributed by atoms with Crippen molar-refractivity contribution in [1.82, 2.24) is 35.7 Å². The Hall–Kier alpha value is -3.10. The molecule has 0 aliphatic heterocycles. The lowest BCUT2D eigenvalue weighted by Gasteiger charge is -2.26. The van der Waals surface area contributed by atoms with Crippen LogP contribution in [0.15, 0.2) is 35.1 Å². The average molecular weight is 353 g/mol. The highest BCUT2D eigenvalue weighted by molar-refractivity contribution is 5.79. The van der Waals surface area contributed by atoms with Crippen LogP contribution in [0, 0.1) is 6.92 Å². The fraction of sp³-hybridized carbons (Fsp3) is 0.412. The number of hydrogen-bond acceptors (Lipinski definition) is 7. The minimum Gasteiger partial charge on any atom is -0.343 e. The van der Waals surface area contributed by atoms with Crippen LogP contribution >= 0.6 is 0 Å². The molecule has 1 N–H and O–H groups in total. The van der Waals surface area contributed by atoms with Crippen molar-refractivity contribution < 1.29 is 9.32 Å². The summed E-state index contributed by atoms with van der Waals surface area (Å²) in [6.07, 6.45) is 5.54. The molecule has 0 bridgehead atoms. The summed E-state index contributed by atoms with van der Waals surface area (Å²) in [6.45, 7) is 1.76. The normalized spacial score (nSPS) is 15.9. The van der Waals surface area contributed by atoms with E-state index in [9.17, 15) is 4.79 Å². The van der Waals surface area contributed by atoms with E-state index in [1.54, 1.807) is 11.6 Å². The molecule has 2 heterocycles. The fourth-order valence-corrected chi connectivity index (χ4v) is 3.42. The Labute approximate surface area is 149 Å². The number of rotatable bonds is 5. The Balaban J connectivity index is 1.46. The lowest BCUT2D eigenvalue weighted by molar-refractivity contribution is -0.122. The van der Waals surface area contributed by atoms with Gasteiger partial charge in [0.25, 0.3) is 0 Å². The summed E-state index contributed by atoms with van der Waals surface area (Å²) in [5, 5.41) is 18.3. The molecule has 0 radical (unpaired) electrons. The van der Waals surface area contributed by atoms with E-state index in [4.69, 9.17) is 4.52 Å². The number of carbonyl (C=O) groups is 1. The summed E-state index contributed by atoms with van der Waals surface area (Å²) in [5.41, 5.74) is 1.24. The Morgan fingerprint density at radius 3 is 2.65 bits per heavy atom. The summed E-state index contributed by atoms with van der Waals surface area (Å²) >= 11 is 0. The first-order valence-corrected chi connectivity index (χ1v) is 8.59. The van der Waals surface area contributed by atoms with E-state index in [1.165, 1.54) is 6.33 Å². The standard InChI is InChI=1S/C17H19N7O2/c1-12-19-16(21-26-12)17(8-2-3-9-17)20-15(25)10-13-4-6-14(7-5-13)24-11-18-22-23-24/h4-7,11H,2-3,8-10H2,1H3,(H,20,25). The molecular formula is C17H19N7O2. The second kappa shape index (κ2) is 6.66. The summed E-state index contributed by atoms with van der Waals surface area (Å²) in [7, 11) is 0. The van der Waals surface area contributed by atoms with Gasteiger partial charge >= 0.3 is 0 Å². The molecule has 3 aromatic rings. The van der Waals surface area contributed by atoms with E-state index in [1.807, 2.05) is 24.3 Å². The van der Waals surface area contributed by atoms with Gasteiger partial charge in [0.2, 0.25) is 11.8 Å². The van der Waals surface area contributed by atoms with Crippen LogP contribution in [-0.4, -0.2) is 36.3 Å². The summed E-state index contributed by atoms with van der Waals surface area (Å²) in [6, 6.07) is 7.56. The first kappa shape index (κ1) is 16.4. The molecule has 0 saturated heterocycles. The van der Waals surface area contributed by atoms with Crippen LogP contribution in [0.5, 0.6) is 0 Å². The van der Waals surface area contributed by atoms with E-state index < -0.39 is 5.54 Å². The van der Waals surface area contributed by atoms with Gasteiger partial charge < -0.3 is 9.84 Å². The van der Waals surface area contributed by atoms with E-state index in [0.29, 0.717) is 11.7 Å². The van der Waals surface area contributed by atoms with Crippen LogP contribution in [0.2, 0.25) is 0 Å². The van der Waals surface area contributed by atoms with E-state index in [-0.39, 0.29) is 12.3 Å². The van der Waals surface area contributed by atoms with E-state index >= 15 is 0 Å². The van der Waals surface area contributed by atoms with Gasteiger partial charge in [-0.3, -0.25) is 4.79 Å². The topological polar surface area (TPSA) is 112 Å². The molecule has 0 spiro atoms. The van der Waals surface area contributed by atoms with Crippen LogP contribution in [0.25, 0.3) is 5.69 Å². The number of amides is 1. The first-order valence-electron chi connectivity index (χ1n) is 8.59. The van der Waals surface area contributed by atoms with Gasteiger partial charge in [-0.05, 0) is 41.0 Å². The van der Waals surface area contributed by atoms with Gasteiger partial charge in [-0.15, -0.1) is 5.10 Å². The highest BCUT2D eigenvalue weighted by Gasteiger charge is 2.41. The lowest BCUT2D eigenvalue weighted by atomic mass is 9.96. The van der Waals surface area contributed by atoms with Gasteiger partial charge in [0, 0.05) is 6.92 Å². The molecule has 26 heavy (non-hydrogen) atoms. The van der Waals surface area contributed by atoms with Crippen LogP contribution in [0.1, 0.15) is 43.0 Å². The molecule has 4 rings (SSSR count). The number of benzene rings is 1. The fourth-order valence-electron chi connectivity index (χ4n) is 3.42. The van der Waals surface area contributed by atoms with Crippen molar-refractivity contribution in [3.63, 3.8) is 0 Å². The van der Waals surface area contributed by atoms with Crippen molar-refractivity contribution in [2.24, 2.45) is 0 Å². The zero-order valence-corrected chi connectivity index (χ0v) is 14.4. The molecule has 1 saturated carbocycles. The van der Waals surface area contributed by atoms with Gasteiger partial charge in [0.05, 0.1) is 12.1 Å². The largest absolute Gasteiger partial charge is 0.343 e. The number of nitrogens with zero attached hydrogens (tertiary/aromatic N) is 6. The monoisotopic (exact) mass is 353 g/mol. The van der Waals surface area contributed by atoms with Crippen molar-refractivity contribution in [3.8, 4) is 5.69 Å². The molecule has 9 heteroatoms. The number of tetrazole rings is 1. The molecule has 0 unspecified atom stereocenters. The molecule has 1 aliphatic carbocycles. The number of aryl methyl sites for hydroxylation is 1. The first-order chi connectivity index (χ1) is 12.6. The molecule has 0 atom stereocenters. The molecular weight excluding hydrogens is 334 g/mol.